The fourth-order valence-electron chi connectivity index (χ4n) is 2.09. The molecule has 0 saturated heterocycles. The molecule has 0 bridgehead atoms. The largest absolute Gasteiger partial charge is 0.464 e. The summed E-state index contributed by atoms with van der Waals surface area (Å²) >= 11 is 0. The van der Waals surface area contributed by atoms with Crippen molar-refractivity contribution in [3.63, 3.8) is 0 Å². The zero-order chi connectivity index (χ0) is 18.7. The van der Waals surface area contributed by atoms with Gasteiger partial charge in [-0.25, -0.2) is 9.59 Å². The number of amides is 3. The van der Waals surface area contributed by atoms with Gasteiger partial charge in [-0.05, 0) is 37.5 Å². The quantitative estimate of drug-likeness (QED) is 0.300. The fraction of sp³-hybridized carbons (Fsp3) is 0.471. The minimum atomic E-state index is -0.764. The monoisotopic (exact) mass is 350 g/mol. The summed E-state index contributed by atoms with van der Waals surface area (Å²) in [5.74, 6) is -0.630. The lowest BCUT2D eigenvalue weighted by atomic mass is 10.1. The molecule has 0 radical (unpaired) electrons. The van der Waals surface area contributed by atoms with E-state index in [-0.39, 0.29) is 12.5 Å². The highest BCUT2D eigenvalue weighted by Gasteiger charge is 2.21. The van der Waals surface area contributed by atoms with Crippen LogP contribution in [0.5, 0.6) is 0 Å². The van der Waals surface area contributed by atoms with Crippen LogP contribution in [0.2, 0.25) is 0 Å². The van der Waals surface area contributed by atoms with E-state index in [1.54, 1.807) is 19.1 Å². The minimum Gasteiger partial charge on any atom is -0.464 e. The Labute approximate surface area is 147 Å². The van der Waals surface area contributed by atoms with Crippen LogP contribution in [0.15, 0.2) is 24.3 Å². The van der Waals surface area contributed by atoms with Gasteiger partial charge < -0.3 is 26.4 Å². The zero-order valence-corrected chi connectivity index (χ0v) is 14.6. The minimum absolute atomic E-state index is 0.137. The van der Waals surface area contributed by atoms with Crippen molar-refractivity contribution >= 4 is 23.6 Å². The van der Waals surface area contributed by atoms with Gasteiger partial charge in [0.15, 0.2) is 0 Å². The van der Waals surface area contributed by atoms with Gasteiger partial charge in [0, 0.05) is 25.7 Å². The number of benzene rings is 1. The molecule has 8 nitrogen and oxygen atoms in total. The van der Waals surface area contributed by atoms with Gasteiger partial charge >= 0.3 is 12.0 Å². The maximum absolute atomic E-state index is 12.0. The molecule has 0 unspecified atom stereocenters. The van der Waals surface area contributed by atoms with E-state index in [1.807, 2.05) is 12.1 Å². The molecule has 8 heteroatoms. The number of carbonyl (C=O) groups excluding carboxylic acids is 3. The van der Waals surface area contributed by atoms with Crippen molar-refractivity contribution in [3.05, 3.63) is 29.8 Å². The fourth-order valence-corrected chi connectivity index (χ4v) is 2.09. The lowest BCUT2D eigenvalue weighted by molar-refractivity contribution is -0.145. The number of ether oxygens (including phenoxy) is 1. The normalized spacial score (nSPS) is 11.3. The number of rotatable bonds is 9. The predicted molar refractivity (Wildman–Crippen MR) is 94.6 cm³/mol. The summed E-state index contributed by atoms with van der Waals surface area (Å²) in [5.41, 5.74) is 7.15. The molecule has 3 amide bonds. The molecule has 0 fully saturated rings. The van der Waals surface area contributed by atoms with E-state index in [2.05, 4.69) is 16.0 Å². The maximum atomic E-state index is 12.0. The van der Waals surface area contributed by atoms with Gasteiger partial charge in [-0.15, -0.1) is 0 Å². The summed E-state index contributed by atoms with van der Waals surface area (Å²) in [7, 11) is 0. The van der Waals surface area contributed by atoms with Crippen LogP contribution in [0.4, 0.5) is 10.5 Å². The van der Waals surface area contributed by atoms with E-state index in [4.69, 9.17) is 10.5 Å². The van der Waals surface area contributed by atoms with Crippen LogP contribution in [-0.4, -0.2) is 37.1 Å². The van der Waals surface area contributed by atoms with Crippen LogP contribution in [0.3, 0.4) is 0 Å². The third-order valence-corrected chi connectivity index (χ3v) is 3.35. The number of anilines is 1. The van der Waals surface area contributed by atoms with Gasteiger partial charge in [-0.2, -0.15) is 0 Å². The second kappa shape index (κ2) is 10.9. The van der Waals surface area contributed by atoms with E-state index in [1.165, 1.54) is 6.92 Å². The molecular formula is C17H26N4O4. The van der Waals surface area contributed by atoms with Crippen molar-refractivity contribution in [2.75, 3.05) is 18.9 Å². The first-order valence-electron chi connectivity index (χ1n) is 8.22. The summed E-state index contributed by atoms with van der Waals surface area (Å²) < 4.78 is 4.98. The number of hydrogen-bond acceptors (Lipinski definition) is 5. The molecule has 0 aliphatic rings. The molecule has 0 spiro atoms. The summed E-state index contributed by atoms with van der Waals surface area (Å²) in [6, 6.07) is 5.89. The molecule has 1 aromatic carbocycles. The van der Waals surface area contributed by atoms with Crippen LogP contribution in [0.25, 0.3) is 0 Å². The van der Waals surface area contributed by atoms with Crippen molar-refractivity contribution in [1.29, 1.82) is 0 Å². The van der Waals surface area contributed by atoms with E-state index >= 15 is 0 Å². The molecule has 0 aromatic heterocycles. The first-order valence-corrected chi connectivity index (χ1v) is 8.22. The maximum Gasteiger partial charge on any atom is 0.328 e. The van der Waals surface area contributed by atoms with Gasteiger partial charge in [-0.1, -0.05) is 12.1 Å². The predicted octanol–water partition coefficient (Wildman–Crippen LogP) is 0.916. The topological polar surface area (TPSA) is 123 Å². The lowest BCUT2D eigenvalue weighted by Crippen LogP contribution is -2.46. The Hall–Kier alpha value is -2.77. The number of carbonyl (C=O) groups is 3. The van der Waals surface area contributed by atoms with E-state index < -0.39 is 18.0 Å². The van der Waals surface area contributed by atoms with Crippen molar-refractivity contribution in [3.8, 4) is 0 Å². The average molecular weight is 350 g/mol. The number of esters is 1. The molecule has 1 atom stereocenters. The van der Waals surface area contributed by atoms with Gasteiger partial charge in [-0.3, -0.25) is 4.79 Å². The molecule has 25 heavy (non-hydrogen) atoms. The second-order valence-corrected chi connectivity index (χ2v) is 5.50. The molecule has 5 N–H and O–H groups in total. The van der Waals surface area contributed by atoms with Gasteiger partial charge in [0.2, 0.25) is 5.91 Å². The SMILES string of the molecule is CCOC(=O)[C@@H](CCCNC(C)=O)NC(=O)NCc1ccc(N)cc1. The Morgan fingerprint density at radius 2 is 1.84 bits per heavy atom. The highest BCUT2D eigenvalue weighted by molar-refractivity contribution is 5.83. The van der Waals surface area contributed by atoms with Crippen LogP contribution in [0, 0.1) is 0 Å². The van der Waals surface area contributed by atoms with Gasteiger partial charge in [0.05, 0.1) is 6.61 Å². The number of hydrogen-bond donors (Lipinski definition) is 4. The number of urea groups is 1. The van der Waals surface area contributed by atoms with Crippen LogP contribution >= 0.6 is 0 Å². The Morgan fingerprint density at radius 1 is 1.16 bits per heavy atom. The molecular weight excluding hydrogens is 324 g/mol. The highest BCUT2D eigenvalue weighted by atomic mass is 16.5. The Kier molecular flexibility index (Phi) is 8.84. The van der Waals surface area contributed by atoms with Crippen molar-refractivity contribution < 1.29 is 19.1 Å². The van der Waals surface area contributed by atoms with E-state index in [0.717, 1.165) is 5.56 Å². The molecule has 1 aromatic rings. The number of nitrogens with one attached hydrogen (secondary N) is 3. The Balaban J connectivity index is 2.47. The summed E-state index contributed by atoms with van der Waals surface area (Å²) in [4.78, 5) is 34.8. The Bertz CT molecular complexity index is 575. The molecule has 138 valence electrons. The summed E-state index contributed by atoms with van der Waals surface area (Å²) in [6.07, 6.45) is 0.912. The first kappa shape index (κ1) is 20.3. The average Bonchev–Trinajstić information content (AvgIpc) is 2.57. The molecule has 0 aliphatic heterocycles. The van der Waals surface area contributed by atoms with Crippen molar-refractivity contribution in [1.82, 2.24) is 16.0 Å². The first-order chi connectivity index (χ1) is 11.9. The van der Waals surface area contributed by atoms with E-state index in [9.17, 15) is 14.4 Å². The van der Waals surface area contributed by atoms with Crippen molar-refractivity contribution in [2.24, 2.45) is 0 Å². The highest BCUT2D eigenvalue weighted by Crippen LogP contribution is 2.05. The lowest BCUT2D eigenvalue weighted by Gasteiger charge is -2.18. The van der Waals surface area contributed by atoms with Crippen molar-refractivity contribution in [2.45, 2.75) is 39.3 Å². The molecule has 1 rings (SSSR count). The zero-order valence-electron chi connectivity index (χ0n) is 14.6. The van der Waals surface area contributed by atoms with Crippen LogP contribution < -0.4 is 21.7 Å². The van der Waals surface area contributed by atoms with Crippen LogP contribution in [-0.2, 0) is 20.9 Å². The third kappa shape index (κ3) is 8.59. The molecule has 0 heterocycles. The molecule has 0 aliphatic carbocycles. The van der Waals surface area contributed by atoms with Crippen LogP contribution in [0.1, 0.15) is 32.3 Å². The third-order valence-electron chi connectivity index (χ3n) is 3.35. The number of nitrogens with two attached hydrogens (primary N) is 1. The summed E-state index contributed by atoms with van der Waals surface area (Å²) in [6.45, 7) is 4.10. The van der Waals surface area contributed by atoms with Gasteiger partial charge in [0.1, 0.15) is 6.04 Å². The standard InChI is InChI=1S/C17H26N4O4/c1-3-25-16(23)15(5-4-10-19-12(2)22)21-17(24)20-11-13-6-8-14(18)9-7-13/h6-9,15H,3-5,10-11,18H2,1-2H3,(H,19,22)(H2,20,21,24)/t15-/m1/s1. The van der Waals surface area contributed by atoms with E-state index in [0.29, 0.717) is 31.6 Å². The summed E-state index contributed by atoms with van der Waals surface area (Å²) in [5, 5.41) is 7.94. The number of nitrogen functional groups attached to an aromatic ring is 1. The smallest absolute Gasteiger partial charge is 0.328 e. The molecule has 0 saturated carbocycles. The second-order valence-electron chi connectivity index (χ2n) is 5.50. The Morgan fingerprint density at radius 3 is 2.44 bits per heavy atom. The van der Waals surface area contributed by atoms with Gasteiger partial charge in [0.25, 0.3) is 0 Å².